The molecule has 0 aliphatic carbocycles. The van der Waals surface area contributed by atoms with Gasteiger partial charge in [0.05, 0.1) is 21.3 Å². The highest BCUT2D eigenvalue weighted by atomic mass is 16.7. The minimum Gasteiger partial charge on any atom is -0.497 e. The summed E-state index contributed by atoms with van der Waals surface area (Å²) in [5, 5.41) is 1.10. The lowest BCUT2D eigenvalue weighted by Gasteiger charge is -2.24. The number of carbonyl (C=O) groups is 2. The summed E-state index contributed by atoms with van der Waals surface area (Å²) in [5.74, 6) is 0.814. The van der Waals surface area contributed by atoms with Crippen LogP contribution in [0, 0.1) is 0 Å². The van der Waals surface area contributed by atoms with E-state index in [1.165, 1.54) is 19.1 Å². The number of likely N-dealkylation sites (N-methyl/N-ethyl adjacent to an activating group) is 1. The molecule has 2 amide bonds. The number of nitrogens with zero attached hydrogens (tertiary/aromatic N) is 2. The molecule has 1 rings (SSSR count). The zero-order valence-electron chi connectivity index (χ0n) is 12.9. The number of amides is 2. The number of methoxy groups -OCH3 is 2. The highest BCUT2D eigenvalue weighted by molar-refractivity contribution is 5.85. The zero-order chi connectivity index (χ0) is 15.8. The molecule has 118 valence electrons. The van der Waals surface area contributed by atoms with Crippen LogP contribution in [0.3, 0.4) is 0 Å². The molecule has 7 heteroatoms. The lowest BCUT2D eigenvalue weighted by molar-refractivity contribution is -0.171. The molecule has 0 atom stereocenters. The summed E-state index contributed by atoms with van der Waals surface area (Å²) in [5.41, 5.74) is 0. The van der Waals surface area contributed by atoms with Crippen LogP contribution in [0.25, 0.3) is 0 Å². The number of rotatable bonds is 5. The molecule has 0 aromatic carbocycles. The highest BCUT2D eigenvalue weighted by Gasteiger charge is 2.21. The smallest absolute Gasteiger partial charge is 0.265 e. The SMILES string of the molecule is COC1=C(\OC)CCN(CC(=O)N(C)OC)C(=O)C/C=C\1. The summed E-state index contributed by atoms with van der Waals surface area (Å²) < 4.78 is 10.5. The molecule has 0 saturated carbocycles. The third-order valence-electron chi connectivity index (χ3n) is 3.22. The van der Waals surface area contributed by atoms with E-state index in [9.17, 15) is 9.59 Å². The fourth-order valence-electron chi connectivity index (χ4n) is 1.89. The molecule has 1 aliphatic rings. The predicted molar refractivity (Wildman–Crippen MR) is 75.8 cm³/mol. The molecule has 0 radical (unpaired) electrons. The van der Waals surface area contributed by atoms with Gasteiger partial charge in [-0.05, 0) is 6.08 Å². The van der Waals surface area contributed by atoms with Crippen LogP contribution in [0.4, 0.5) is 0 Å². The Bertz CT molecular complexity index is 445. The summed E-state index contributed by atoms with van der Waals surface area (Å²) in [6.45, 7) is 0.343. The van der Waals surface area contributed by atoms with Crippen LogP contribution in [-0.2, 0) is 23.9 Å². The van der Waals surface area contributed by atoms with E-state index in [2.05, 4.69) is 0 Å². The monoisotopic (exact) mass is 298 g/mol. The van der Waals surface area contributed by atoms with Gasteiger partial charge in [-0.15, -0.1) is 0 Å². The van der Waals surface area contributed by atoms with Gasteiger partial charge in [0, 0.05) is 26.4 Å². The van der Waals surface area contributed by atoms with E-state index < -0.39 is 0 Å². The fraction of sp³-hybridized carbons (Fsp3) is 0.571. The first-order chi connectivity index (χ1) is 10.0. The summed E-state index contributed by atoms with van der Waals surface area (Å²) in [4.78, 5) is 30.3. The molecule has 0 aromatic rings. The number of allylic oxidation sites excluding steroid dienone is 1. The summed E-state index contributed by atoms with van der Waals surface area (Å²) in [6.07, 6.45) is 4.08. The molecule has 0 N–H and O–H groups in total. The first kappa shape index (κ1) is 17.0. The normalized spacial score (nSPS) is 21.1. The lowest BCUT2D eigenvalue weighted by Crippen LogP contribution is -2.41. The second-order valence-electron chi connectivity index (χ2n) is 4.44. The van der Waals surface area contributed by atoms with Crippen LogP contribution in [0.5, 0.6) is 0 Å². The Labute approximate surface area is 124 Å². The van der Waals surface area contributed by atoms with E-state index in [-0.39, 0.29) is 24.8 Å². The number of carbonyl (C=O) groups excluding carboxylic acids is 2. The standard InChI is InChI=1S/C14H22N2O5/c1-15(21-4)14(18)10-16-9-8-12(20-3)11(19-2)6-5-7-13(16)17/h5-6H,7-10H2,1-4H3/b6-5-,12-11-. The van der Waals surface area contributed by atoms with Crippen molar-refractivity contribution in [2.45, 2.75) is 12.8 Å². The van der Waals surface area contributed by atoms with E-state index in [1.54, 1.807) is 26.4 Å². The molecule has 1 heterocycles. The summed E-state index contributed by atoms with van der Waals surface area (Å²) >= 11 is 0. The molecule has 21 heavy (non-hydrogen) atoms. The Morgan fingerprint density at radius 1 is 1.33 bits per heavy atom. The predicted octanol–water partition coefficient (Wildman–Crippen LogP) is 0.689. The van der Waals surface area contributed by atoms with Gasteiger partial charge in [-0.2, -0.15) is 0 Å². The topological polar surface area (TPSA) is 68.3 Å². The maximum Gasteiger partial charge on any atom is 0.265 e. The van der Waals surface area contributed by atoms with E-state index in [1.807, 2.05) is 0 Å². The third-order valence-corrected chi connectivity index (χ3v) is 3.22. The van der Waals surface area contributed by atoms with Gasteiger partial charge in [0.2, 0.25) is 5.91 Å². The molecule has 0 bridgehead atoms. The number of hydroxylamine groups is 2. The van der Waals surface area contributed by atoms with Crippen molar-refractivity contribution in [3.63, 3.8) is 0 Å². The van der Waals surface area contributed by atoms with E-state index in [4.69, 9.17) is 14.3 Å². The molecule has 7 nitrogen and oxygen atoms in total. The zero-order valence-corrected chi connectivity index (χ0v) is 12.9. The van der Waals surface area contributed by atoms with Crippen LogP contribution < -0.4 is 0 Å². The highest BCUT2D eigenvalue weighted by Crippen LogP contribution is 2.16. The van der Waals surface area contributed by atoms with Crippen molar-refractivity contribution in [2.24, 2.45) is 0 Å². The van der Waals surface area contributed by atoms with Crippen molar-refractivity contribution < 1.29 is 23.9 Å². The third kappa shape index (κ3) is 4.78. The van der Waals surface area contributed by atoms with E-state index in [0.717, 1.165) is 5.06 Å². The maximum atomic E-state index is 12.1. The minimum atomic E-state index is -0.288. The summed E-state index contributed by atoms with van der Waals surface area (Å²) in [6, 6.07) is 0. The lowest BCUT2D eigenvalue weighted by atomic mass is 10.3. The average Bonchev–Trinajstić information content (AvgIpc) is 2.56. The fourth-order valence-corrected chi connectivity index (χ4v) is 1.89. The van der Waals surface area contributed by atoms with Crippen molar-refractivity contribution in [1.82, 2.24) is 9.96 Å². The van der Waals surface area contributed by atoms with Crippen molar-refractivity contribution in [3.05, 3.63) is 23.7 Å². The van der Waals surface area contributed by atoms with Crippen LogP contribution in [-0.4, -0.2) is 63.2 Å². The second kappa shape index (κ2) is 8.31. The Kier molecular flexibility index (Phi) is 6.74. The van der Waals surface area contributed by atoms with Gasteiger partial charge < -0.3 is 14.4 Å². The van der Waals surface area contributed by atoms with Gasteiger partial charge in [0.1, 0.15) is 12.3 Å². The molecule has 0 spiro atoms. The molecule has 0 aromatic heterocycles. The Morgan fingerprint density at radius 2 is 2.05 bits per heavy atom. The largest absolute Gasteiger partial charge is 0.497 e. The molecule has 0 unspecified atom stereocenters. The first-order valence-corrected chi connectivity index (χ1v) is 6.59. The van der Waals surface area contributed by atoms with Gasteiger partial charge in [-0.1, -0.05) is 6.08 Å². The molecular formula is C14H22N2O5. The van der Waals surface area contributed by atoms with Crippen molar-refractivity contribution in [1.29, 1.82) is 0 Å². The van der Waals surface area contributed by atoms with Crippen molar-refractivity contribution in [2.75, 3.05) is 41.5 Å². The average molecular weight is 298 g/mol. The van der Waals surface area contributed by atoms with Crippen LogP contribution in [0.2, 0.25) is 0 Å². The minimum absolute atomic E-state index is 0.0314. The number of ether oxygens (including phenoxy) is 2. The Morgan fingerprint density at radius 3 is 2.62 bits per heavy atom. The van der Waals surface area contributed by atoms with Crippen molar-refractivity contribution in [3.8, 4) is 0 Å². The quantitative estimate of drug-likeness (QED) is 0.699. The van der Waals surface area contributed by atoms with Crippen molar-refractivity contribution >= 4 is 11.8 Å². The van der Waals surface area contributed by atoms with E-state index in [0.29, 0.717) is 24.5 Å². The Hall–Kier alpha value is -2.02. The number of hydrogen-bond donors (Lipinski definition) is 0. The molecule has 0 saturated heterocycles. The molecule has 1 aliphatic heterocycles. The number of hydrogen-bond acceptors (Lipinski definition) is 5. The molecular weight excluding hydrogens is 276 g/mol. The van der Waals surface area contributed by atoms with Gasteiger partial charge in [-0.25, -0.2) is 5.06 Å². The van der Waals surface area contributed by atoms with Gasteiger partial charge >= 0.3 is 0 Å². The first-order valence-electron chi connectivity index (χ1n) is 6.59. The van der Waals surface area contributed by atoms with Gasteiger partial charge in [-0.3, -0.25) is 14.4 Å². The van der Waals surface area contributed by atoms with Crippen LogP contribution >= 0.6 is 0 Å². The Balaban J connectivity index is 2.84. The summed E-state index contributed by atoms with van der Waals surface area (Å²) in [7, 11) is 6.01. The van der Waals surface area contributed by atoms with Gasteiger partial charge in [0.25, 0.3) is 5.91 Å². The van der Waals surface area contributed by atoms with Crippen LogP contribution in [0.15, 0.2) is 23.7 Å². The van der Waals surface area contributed by atoms with Gasteiger partial charge in [0.15, 0.2) is 5.76 Å². The van der Waals surface area contributed by atoms with Crippen LogP contribution in [0.1, 0.15) is 12.8 Å². The maximum absolute atomic E-state index is 12.1. The van der Waals surface area contributed by atoms with E-state index >= 15 is 0 Å². The molecule has 0 fully saturated rings. The second-order valence-corrected chi connectivity index (χ2v) is 4.44.